The molecule has 20 heavy (non-hydrogen) atoms. The molecule has 0 amide bonds. The Morgan fingerprint density at radius 3 is 2.20 bits per heavy atom. The van der Waals surface area contributed by atoms with Crippen LogP contribution in [0, 0.1) is 0 Å². The van der Waals surface area contributed by atoms with Crippen molar-refractivity contribution in [2.45, 2.75) is 39.5 Å². The Morgan fingerprint density at radius 1 is 1.00 bits per heavy atom. The molecule has 1 aliphatic rings. The predicted molar refractivity (Wildman–Crippen MR) is 83.6 cm³/mol. The van der Waals surface area contributed by atoms with Gasteiger partial charge in [-0.3, -0.25) is 0 Å². The Labute approximate surface area is 121 Å². The van der Waals surface area contributed by atoms with Crippen LogP contribution in [-0.2, 0) is 0 Å². The molecule has 1 aromatic heterocycles. The molecule has 0 aromatic carbocycles. The second kappa shape index (κ2) is 7.26. The Hall–Kier alpha value is -1.59. The lowest BCUT2D eigenvalue weighted by molar-refractivity contribution is 0.726. The third-order valence-electron chi connectivity index (χ3n) is 3.77. The van der Waals surface area contributed by atoms with Crippen molar-refractivity contribution in [3.63, 3.8) is 0 Å². The molecule has 112 valence electrons. The molecule has 2 rings (SSSR count). The van der Waals surface area contributed by atoms with E-state index in [0.29, 0.717) is 5.95 Å². The van der Waals surface area contributed by atoms with E-state index in [9.17, 15) is 0 Å². The highest BCUT2D eigenvalue weighted by Crippen LogP contribution is 2.19. The molecule has 6 heteroatoms. The van der Waals surface area contributed by atoms with Gasteiger partial charge in [-0.2, -0.15) is 15.0 Å². The number of hydrogen-bond donors (Lipinski definition) is 1. The number of hydrogen-bond acceptors (Lipinski definition) is 6. The maximum absolute atomic E-state index is 4.68. The van der Waals surface area contributed by atoms with Crippen LogP contribution in [0.4, 0.5) is 17.8 Å². The number of nitrogens with zero attached hydrogens (tertiary/aromatic N) is 5. The zero-order valence-electron chi connectivity index (χ0n) is 12.9. The lowest BCUT2D eigenvalue weighted by Crippen LogP contribution is -2.29. The molecule has 6 nitrogen and oxygen atoms in total. The third-order valence-corrected chi connectivity index (χ3v) is 3.77. The van der Waals surface area contributed by atoms with Crippen LogP contribution < -0.4 is 15.1 Å². The first kappa shape index (κ1) is 14.8. The molecule has 0 atom stereocenters. The van der Waals surface area contributed by atoms with Gasteiger partial charge in [0, 0.05) is 33.2 Å². The summed E-state index contributed by atoms with van der Waals surface area (Å²) in [5.41, 5.74) is 0. The van der Waals surface area contributed by atoms with Crippen molar-refractivity contribution in [3.8, 4) is 0 Å². The van der Waals surface area contributed by atoms with Gasteiger partial charge in [0.1, 0.15) is 0 Å². The molecule has 0 unspecified atom stereocenters. The molecule has 1 aliphatic heterocycles. The van der Waals surface area contributed by atoms with Crippen LogP contribution in [0.3, 0.4) is 0 Å². The van der Waals surface area contributed by atoms with E-state index in [1.165, 1.54) is 25.7 Å². The van der Waals surface area contributed by atoms with Gasteiger partial charge >= 0.3 is 0 Å². The maximum atomic E-state index is 4.68. The highest BCUT2D eigenvalue weighted by molar-refractivity contribution is 5.45. The minimum absolute atomic E-state index is 0.654. The monoisotopic (exact) mass is 278 g/mol. The summed E-state index contributed by atoms with van der Waals surface area (Å²) in [4.78, 5) is 18.1. The van der Waals surface area contributed by atoms with Crippen LogP contribution in [-0.4, -0.2) is 48.2 Å². The van der Waals surface area contributed by atoms with E-state index in [0.717, 1.165) is 38.1 Å². The van der Waals surface area contributed by atoms with Gasteiger partial charge in [0.2, 0.25) is 17.8 Å². The Kier molecular flexibility index (Phi) is 5.38. The second-order valence-corrected chi connectivity index (χ2v) is 5.08. The molecular formula is C14H26N6. The molecule has 1 aromatic rings. The van der Waals surface area contributed by atoms with Crippen molar-refractivity contribution in [2.75, 3.05) is 48.3 Å². The van der Waals surface area contributed by atoms with Crippen molar-refractivity contribution in [2.24, 2.45) is 0 Å². The summed E-state index contributed by atoms with van der Waals surface area (Å²) in [5, 5.41) is 3.05. The lowest BCUT2D eigenvalue weighted by atomic mass is 10.2. The maximum Gasteiger partial charge on any atom is 0.231 e. The average molecular weight is 278 g/mol. The van der Waals surface area contributed by atoms with E-state index in [4.69, 9.17) is 0 Å². The normalized spacial score (nSPS) is 15.8. The van der Waals surface area contributed by atoms with Crippen LogP contribution in [0.15, 0.2) is 0 Å². The van der Waals surface area contributed by atoms with E-state index in [1.807, 2.05) is 7.05 Å². The molecule has 1 N–H and O–H groups in total. The summed E-state index contributed by atoms with van der Waals surface area (Å²) in [6.45, 7) is 8.15. The van der Waals surface area contributed by atoms with Crippen LogP contribution in [0.1, 0.15) is 39.5 Å². The number of rotatable bonds is 5. The first-order valence-electron chi connectivity index (χ1n) is 7.72. The molecule has 1 saturated heterocycles. The average Bonchev–Trinajstić information content (AvgIpc) is 2.77. The van der Waals surface area contributed by atoms with Crippen molar-refractivity contribution < 1.29 is 0 Å². The summed E-state index contributed by atoms with van der Waals surface area (Å²) in [7, 11) is 1.85. The SMILES string of the molecule is CCN(CC)c1nc(NC)nc(N2CCCCCC2)n1. The Balaban J connectivity index is 2.28. The number of nitrogens with one attached hydrogen (secondary N) is 1. The van der Waals surface area contributed by atoms with E-state index in [1.54, 1.807) is 0 Å². The molecule has 2 heterocycles. The molecule has 0 aliphatic carbocycles. The van der Waals surface area contributed by atoms with Crippen LogP contribution in [0.2, 0.25) is 0 Å². The van der Waals surface area contributed by atoms with Crippen LogP contribution in [0.25, 0.3) is 0 Å². The topological polar surface area (TPSA) is 57.2 Å². The van der Waals surface area contributed by atoms with Gasteiger partial charge in [-0.25, -0.2) is 0 Å². The minimum Gasteiger partial charge on any atom is -0.357 e. The van der Waals surface area contributed by atoms with Crippen molar-refractivity contribution in [1.82, 2.24) is 15.0 Å². The summed E-state index contributed by atoms with van der Waals surface area (Å²) in [6, 6.07) is 0. The highest BCUT2D eigenvalue weighted by Gasteiger charge is 2.16. The quantitative estimate of drug-likeness (QED) is 0.890. The standard InChI is InChI=1S/C14H26N6/c1-4-19(5-2)13-16-12(15-3)17-14(18-13)20-10-8-6-7-9-11-20/h4-11H2,1-3H3,(H,15,16,17,18). The van der Waals surface area contributed by atoms with Gasteiger partial charge in [-0.05, 0) is 26.7 Å². The lowest BCUT2D eigenvalue weighted by Gasteiger charge is -2.24. The van der Waals surface area contributed by atoms with Gasteiger partial charge in [0.25, 0.3) is 0 Å². The van der Waals surface area contributed by atoms with Crippen molar-refractivity contribution in [3.05, 3.63) is 0 Å². The fourth-order valence-corrected chi connectivity index (χ4v) is 2.53. The fourth-order valence-electron chi connectivity index (χ4n) is 2.53. The van der Waals surface area contributed by atoms with Gasteiger partial charge in [-0.1, -0.05) is 12.8 Å². The summed E-state index contributed by atoms with van der Waals surface area (Å²) < 4.78 is 0. The molecule has 1 fully saturated rings. The molecule has 0 radical (unpaired) electrons. The Bertz CT molecular complexity index is 410. The predicted octanol–water partition coefficient (Wildman–Crippen LogP) is 2.14. The zero-order valence-corrected chi connectivity index (χ0v) is 12.9. The zero-order chi connectivity index (χ0) is 14.4. The van der Waals surface area contributed by atoms with E-state index in [2.05, 4.69) is 43.9 Å². The van der Waals surface area contributed by atoms with Crippen LogP contribution >= 0.6 is 0 Å². The van der Waals surface area contributed by atoms with E-state index < -0.39 is 0 Å². The summed E-state index contributed by atoms with van der Waals surface area (Å²) >= 11 is 0. The van der Waals surface area contributed by atoms with E-state index in [-0.39, 0.29) is 0 Å². The van der Waals surface area contributed by atoms with Gasteiger partial charge in [0.05, 0.1) is 0 Å². The number of aromatic nitrogens is 3. The molecule has 0 spiro atoms. The van der Waals surface area contributed by atoms with Crippen LogP contribution in [0.5, 0.6) is 0 Å². The molecular weight excluding hydrogens is 252 g/mol. The first-order valence-corrected chi connectivity index (χ1v) is 7.72. The summed E-state index contributed by atoms with van der Waals surface area (Å²) in [5.74, 6) is 2.24. The fraction of sp³-hybridized carbons (Fsp3) is 0.786. The third kappa shape index (κ3) is 3.49. The molecule has 0 bridgehead atoms. The number of anilines is 3. The highest BCUT2D eigenvalue weighted by atomic mass is 15.4. The van der Waals surface area contributed by atoms with E-state index >= 15 is 0 Å². The van der Waals surface area contributed by atoms with Gasteiger partial charge < -0.3 is 15.1 Å². The Morgan fingerprint density at radius 2 is 1.65 bits per heavy atom. The van der Waals surface area contributed by atoms with Gasteiger partial charge in [0.15, 0.2) is 0 Å². The smallest absolute Gasteiger partial charge is 0.231 e. The largest absolute Gasteiger partial charge is 0.357 e. The first-order chi connectivity index (χ1) is 9.78. The minimum atomic E-state index is 0.654. The van der Waals surface area contributed by atoms with Gasteiger partial charge in [-0.15, -0.1) is 0 Å². The van der Waals surface area contributed by atoms with Crippen molar-refractivity contribution in [1.29, 1.82) is 0 Å². The molecule has 0 saturated carbocycles. The summed E-state index contributed by atoms with van der Waals surface area (Å²) in [6.07, 6.45) is 5.06. The second-order valence-electron chi connectivity index (χ2n) is 5.08. The van der Waals surface area contributed by atoms with Crippen molar-refractivity contribution >= 4 is 17.8 Å².